The lowest BCUT2D eigenvalue weighted by Gasteiger charge is -2.03. The Bertz CT molecular complexity index is 539. The zero-order chi connectivity index (χ0) is 12.4. The van der Waals surface area contributed by atoms with Crippen molar-refractivity contribution in [3.63, 3.8) is 0 Å². The summed E-state index contributed by atoms with van der Waals surface area (Å²) in [5.74, 6) is -1.27. The van der Waals surface area contributed by atoms with Gasteiger partial charge in [0.25, 0.3) is 0 Å². The largest absolute Gasteiger partial charge is 0.295 e. The van der Waals surface area contributed by atoms with Gasteiger partial charge in [-0.2, -0.15) is 0 Å². The van der Waals surface area contributed by atoms with Crippen molar-refractivity contribution in [2.45, 2.75) is 6.92 Å². The zero-order valence-corrected chi connectivity index (χ0v) is 9.21. The Morgan fingerprint density at radius 2 is 1.41 bits per heavy atom. The summed E-state index contributed by atoms with van der Waals surface area (Å²) in [6.45, 7) is 1.47. The molecule has 0 radical (unpaired) electrons. The molecule has 86 valence electrons. The average molecular weight is 232 g/mol. The van der Waals surface area contributed by atoms with Crippen LogP contribution in [0.4, 0.5) is 8.78 Å². The predicted molar refractivity (Wildman–Crippen MR) is 61.8 cm³/mol. The minimum atomic E-state index is -0.615. The fraction of sp³-hybridized carbons (Fsp3) is 0.0714. The highest BCUT2D eigenvalue weighted by Gasteiger charge is 2.04. The predicted octanol–water partition coefficient (Wildman–Crippen LogP) is 3.83. The third kappa shape index (κ3) is 2.56. The highest BCUT2D eigenvalue weighted by molar-refractivity contribution is 5.94. The van der Waals surface area contributed by atoms with Gasteiger partial charge < -0.3 is 0 Å². The summed E-state index contributed by atoms with van der Waals surface area (Å²) < 4.78 is 26.1. The molecule has 0 aliphatic rings. The Labute approximate surface area is 97.7 Å². The summed E-state index contributed by atoms with van der Waals surface area (Å²) in [5.41, 5.74) is 1.71. The molecule has 0 saturated heterocycles. The van der Waals surface area contributed by atoms with Gasteiger partial charge >= 0.3 is 0 Å². The van der Waals surface area contributed by atoms with Gasteiger partial charge in [-0.1, -0.05) is 24.3 Å². The lowest BCUT2D eigenvalue weighted by molar-refractivity contribution is 0.101. The summed E-state index contributed by atoms with van der Waals surface area (Å²) in [7, 11) is 0. The van der Waals surface area contributed by atoms with Gasteiger partial charge in [0.05, 0.1) is 0 Å². The molecular weight excluding hydrogens is 222 g/mol. The Hall–Kier alpha value is -2.03. The van der Waals surface area contributed by atoms with Crippen LogP contribution in [0.2, 0.25) is 0 Å². The molecule has 0 amide bonds. The van der Waals surface area contributed by atoms with Crippen LogP contribution in [0.3, 0.4) is 0 Å². The highest BCUT2D eigenvalue weighted by Crippen LogP contribution is 2.22. The van der Waals surface area contributed by atoms with Crippen molar-refractivity contribution >= 4 is 5.78 Å². The summed E-state index contributed by atoms with van der Waals surface area (Å²) in [5, 5.41) is 0. The molecule has 0 heterocycles. The van der Waals surface area contributed by atoms with Crippen LogP contribution in [0.1, 0.15) is 17.3 Å². The lowest BCUT2D eigenvalue weighted by atomic mass is 10.0. The highest BCUT2D eigenvalue weighted by atomic mass is 19.1. The summed E-state index contributed by atoms with van der Waals surface area (Å²) in [6.07, 6.45) is 0. The first-order valence-electron chi connectivity index (χ1n) is 5.14. The molecule has 0 bridgehead atoms. The molecule has 2 aromatic rings. The minimum absolute atomic E-state index is 0.0398. The lowest BCUT2D eigenvalue weighted by Crippen LogP contribution is -1.91. The van der Waals surface area contributed by atoms with Crippen LogP contribution < -0.4 is 0 Å². The Balaban J connectivity index is 2.43. The topological polar surface area (TPSA) is 17.1 Å². The molecule has 0 aliphatic carbocycles. The van der Waals surface area contributed by atoms with E-state index in [-0.39, 0.29) is 5.78 Å². The van der Waals surface area contributed by atoms with Crippen molar-refractivity contribution in [2.24, 2.45) is 0 Å². The molecule has 0 spiro atoms. The van der Waals surface area contributed by atoms with Crippen LogP contribution in [0, 0.1) is 11.6 Å². The number of rotatable bonds is 2. The van der Waals surface area contributed by atoms with E-state index in [9.17, 15) is 13.6 Å². The van der Waals surface area contributed by atoms with Gasteiger partial charge in [0.1, 0.15) is 11.6 Å². The van der Waals surface area contributed by atoms with Crippen LogP contribution in [0.5, 0.6) is 0 Å². The smallest absolute Gasteiger partial charge is 0.159 e. The van der Waals surface area contributed by atoms with Crippen molar-refractivity contribution in [2.75, 3.05) is 0 Å². The Morgan fingerprint density at radius 3 is 1.88 bits per heavy atom. The third-order valence-corrected chi connectivity index (χ3v) is 2.49. The Kier molecular flexibility index (Phi) is 3.00. The van der Waals surface area contributed by atoms with E-state index >= 15 is 0 Å². The van der Waals surface area contributed by atoms with Gasteiger partial charge in [0.2, 0.25) is 0 Å². The molecule has 0 aromatic heterocycles. The number of hydrogen-bond acceptors (Lipinski definition) is 1. The standard InChI is InChI=1S/C14H10F2O/c1-9(17)10-2-4-11(5-3-10)12-6-13(15)8-14(16)7-12/h2-8H,1H3. The number of benzene rings is 2. The molecule has 1 nitrogen and oxygen atoms in total. The van der Waals surface area contributed by atoms with Crippen molar-refractivity contribution in [3.8, 4) is 11.1 Å². The third-order valence-electron chi connectivity index (χ3n) is 2.49. The van der Waals surface area contributed by atoms with Gasteiger partial charge in [-0.3, -0.25) is 4.79 Å². The van der Waals surface area contributed by atoms with Gasteiger partial charge in [-0.05, 0) is 30.2 Å². The van der Waals surface area contributed by atoms with E-state index < -0.39 is 11.6 Å². The second-order valence-electron chi connectivity index (χ2n) is 3.79. The monoisotopic (exact) mass is 232 g/mol. The molecular formula is C14H10F2O. The van der Waals surface area contributed by atoms with E-state index in [1.54, 1.807) is 24.3 Å². The normalized spacial score (nSPS) is 10.3. The zero-order valence-electron chi connectivity index (χ0n) is 9.21. The molecule has 2 aromatic carbocycles. The van der Waals surface area contributed by atoms with Crippen LogP contribution >= 0.6 is 0 Å². The van der Waals surface area contributed by atoms with Gasteiger partial charge in [0.15, 0.2) is 5.78 Å². The van der Waals surface area contributed by atoms with Crippen molar-refractivity contribution in [3.05, 3.63) is 59.7 Å². The Morgan fingerprint density at radius 1 is 0.882 bits per heavy atom. The number of Topliss-reactive ketones (excluding diaryl/α,β-unsaturated/α-hetero) is 1. The molecule has 0 N–H and O–H groups in total. The van der Waals surface area contributed by atoms with E-state index in [2.05, 4.69) is 0 Å². The summed E-state index contributed by atoms with van der Waals surface area (Å²) in [4.78, 5) is 11.1. The number of ketones is 1. The van der Waals surface area contributed by atoms with E-state index in [1.165, 1.54) is 19.1 Å². The first-order valence-corrected chi connectivity index (χ1v) is 5.14. The van der Waals surface area contributed by atoms with Crippen molar-refractivity contribution in [1.29, 1.82) is 0 Å². The maximum atomic E-state index is 13.0. The van der Waals surface area contributed by atoms with Gasteiger partial charge in [0, 0.05) is 11.6 Å². The number of carbonyl (C=O) groups is 1. The minimum Gasteiger partial charge on any atom is -0.295 e. The molecule has 2 rings (SSSR count). The van der Waals surface area contributed by atoms with E-state index in [1.807, 2.05) is 0 Å². The second-order valence-corrected chi connectivity index (χ2v) is 3.79. The molecule has 0 atom stereocenters. The van der Waals surface area contributed by atoms with Gasteiger partial charge in [-0.15, -0.1) is 0 Å². The molecule has 0 saturated carbocycles. The first kappa shape index (κ1) is 11.5. The first-order chi connectivity index (χ1) is 8.06. The summed E-state index contributed by atoms with van der Waals surface area (Å²) >= 11 is 0. The van der Waals surface area contributed by atoms with E-state index in [4.69, 9.17) is 0 Å². The number of halogens is 2. The molecule has 0 unspecified atom stereocenters. The number of carbonyl (C=O) groups excluding carboxylic acids is 1. The average Bonchev–Trinajstić information content (AvgIpc) is 2.28. The fourth-order valence-electron chi connectivity index (χ4n) is 1.62. The van der Waals surface area contributed by atoms with Crippen molar-refractivity contribution < 1.29 is 13.6 Å². The fourth-order valence-corrected chi connectivity index (χ4v) is 1.62. The SMILES string of the molecule is CC(=O)c1ccc(-c2cc(F)cc(F)c2)cc1. The van der Waals surface area contributed by atoms with Crippen molar-refractivity contribution in [1.82, 2.24) is 0 Å². The quantitative estimate of drug-likeness (QED) is 0.719. The van der Waals surface area contributed by atoms with Crippen LogP contribution in [0.25, 0.3) is 11.1 Å². The number of hydrogen-bond donors (Lipinski definition) is 0. The maximum Gasteiger partial charge on any atom is 0.159 e. The second kappa shape index (κ2) is 4.45. The summed E-state index contributed by atoms with van der Waals surface area (Å²) in [6, 6.07) is 9.96. The molecule has 0 aliphatic heterocycles. The van der Waals surface area contributed by atoms with Crippen LogP contribution in [0.15, 0.2) is 42.5 Å². The van der Waals surface area contributed by atoms with Crippen LogP contribution in [-0.2, 0) is 0 Å². The van der Waals surface area contributed by atoms with E-state index in [0.717, 1.165) is 6.07 Å². The van der Waals surface area contributed by atoms with Crippen LogP contribution in [-0.4, -0.2) is 5.78 Å². The van der Waals surface area contributed by atoms with E-state index in [0.29, 0.717) is 16.7 Å². The molecule has 17 heavy (non-hydrogen) atoms. The maximum absolute atomic E-state index is 13.0. The van der Waals surface area contributed by atoms with Gasteiger partial charge in [-0.25, -0.2) is 8.78 Å². The molecule has 0 fully saturated rings. The molecule has 3 heteroatoms.